The maximum absolute atomic E-state index is 13.3. The molecule has 0 aromatic heterocycles. The van der Waals surface area contributed by atoms with E-state index in [-0.39, 0.29) is 12.8 Å². The molecule has 1 aromatic carbocycles. The molecule has 0 saturated heterocycles. The molecule has 1 aromatic rings. The Morgan fingerprint density at radius 3 is 2.56 bits per heavy atom. The molecule has 7 heteroatoms. The highest BCUT2D eigenvalue weighted by atomic mass is 19.1. The second kappa shape index (κ2) is 10.2. The Bertz CT molecular complexity index is 633. The first-order valence-corrected chi connectivity index (χ1v) is 7.99. The summed E-state index contributed by atoms with van der Waals surface area (Å²) in [6, 6.07) is 3.63. The number of carboxylic acid groups (broad SMARTS) is 1. The number of nitrogens with one attached hydrogen (secondary N) is 2. The molecule has 0 radical (unpaired) electrons. The Morgan fingerprint density at radius 1 is 1.28 bits per heavy atom. The average Bonchev–Trinajstić information content (AvgIpc) is 2.52. The van der Waals surface area contributed by atoms with Crippen LogP contribution in [0.5, 0.6) is 0 Å². The Kier molecular flexibility index (Phi) is 8.32. The van der Waals surface area contributed by atoms with Gasteiger partial charge in [0.15, 0.2) is 0 Å². The van der Waals surface area contributed by atoms with E-state index in [2.05, 4.69) is 17.2 Å². The van der Waals surface area contributed by atoms with Gasteiger partial charge in [0.2, 0.25) is 11.8 Å². The standard InChI is InChI=1S/C18H23FN2O4/c1-3-4-5-9-15(18(24)25)21-17(23)16(20-12(2)22)11-13-7-6-8-14(19)10-13/h3,6-8,10,15-16H,1,4-5,9,11H2,2H3,(H,20,22)(H,21,23)(H,24,25)/t15-,16+/m1/s1. The molecular weight excluding hydrogens is 327 g/mol. The quantitative estimate of drug-likeness (QED) is 0.443. The fourth-order valence-electron chi connectivity index (χ4n) is 2.35. The van der Waals surface area contributed by atoms with Crippen LogP contribution in [0.4, 0.5) is 4.39 Å². The van der Waals surface area contributed by atoms with E-state index in [0.717, 1.165) is 0 Å². The minimum absolute atomic E-state index is 0.0577. The second-order valence-electron chi connectivity index (χ2n) is 5.71. The lowest BCUT2D eigenvalue weighted by molar-refractivity contribution is -0.142. The van der Waals surface area contributed by atoms with E-state index in [0.29, 0.717) is 18.4 Å². The Morgan fingerprint density at radius 2 is 2.00 bits per heavy atom. The first-order chi connectivity index (χ1) is 11.8. The van der Waals surface area contributed by atoms with Crippen LogP contribution < -0.4 is 10.6 Å². The summed E-state index contributed by atoms with van der Waals surface area (Å²) in [5.74, 6) is -2.65. The zero-order valence-electron chi connectivity index (χ0n) is 14.1. The smallest absolute Gasteiger partial charge is 0.326 e. The number of carbonyl (C=O) groups is 3. The van der Waals surface area contributed by atoms with Gasteiger partial charge in [0, 0.05) is 13.3 Å². The number of halogens is 1. The second-order valence-corrected chi connectivity index (χ2v) is 5.71. The van der Waals surface area contributed by atoms with Crippen LogP contribution in [-0.4, -0.2) is 35.0 Å². The van der Waals surface area contributed by atoms with Gasteiger partial charge in [-0.3, -0.25) is 9.59 Å². The van der Waals surface area contributed by atoms with Gasteiger partial charge in [-0.05, 0) is 37.0 Å². The lowest BCUT2D eigenvalue weighted by atomic mass is 10.0. The summed E-state index contributed by atoms with van der Waals surface area (Å²) in [5, 5.41) is 14.1. The number of benzene rings is 1. The third-order valence-electron chi connectivity index (χ3n) is 3.54. The molecule has 0 spiro atoms. The Labute approximate surface area is 146 Å². The topological polar surface area (TPSA) is 95.5 Å². The lowest BCUT2D eigenvalue weighted by Crippen LogP contribution is -2.52. The van der Waals surface area contributed by atoms with E-state index in [1.165, 1.54) is 25.1 Å². The summed E-state index contributed by atoms with van der Waals surface area (Å²) in [5.41, 5.74) is 0.521. The van der Waals surface area contributed by atoms with Gasteiger partial charge in [0.1, 0.15) is 17.9 Å². The number of unbranched alkanes of at least 4 members (excludes halogenated alkanes) is 1. The molecule has 2 atom stereocenters. The fraction of sp³-hybridized carbons (Fsp3) is 0.389. The van der Waals surface area contributed by atoms with Gasteiger partial charge in [-0.2, -0.15) is 0 Å². The van der Waals surface area contributed by atoms with Crippen molar-refractivity contribution in [2.24, 2.45) is 0 Å². The Balaban J connectivity index is 2.81. The molecule has 136 valence electrons. The number of carboxylic acids is 1. The minimum atomic E-state index is -1.15. The molecule has 0 aliphatic carbocycles. The van der Waals surface area contributed by atoms with Gasteiger partial charge in [-0.15, -0.1) is 6.58 Å². The molecule has 25 heavy (non-hydrogen) atoms. The van der Waals surface area contributed by atoms with Crippen molar-refractivity contribution in [2.75, 3.05) is 0 Å². The number of rotatable bonds is 10. The number of amides is 2. The molecule has 3 N–H and O–H groups in total. The molecule has 0 fully saturated rings. The SMILES string of the molecule is C=CCCC[C@@H](NC(=O)[C@H](Cc1cccc(F)c1)NC(C)=O)C(=O)O. The van der Waals surface area contributed by atoms with E-state index in [1.807, 2.05) is 0 Å². The van der Waals surface area contributed by atoms with Crippen molar-refractivity contribution in [3.63, 3.8) is 0 Å². The van der Waals surface area contributed by atoms with Crippen LogP contribution in [0.1, 0.15) is 31.7 Å². The van der Waals surface area contributed by atoms with Crippen molar-refractivity contribution in [3.05, 3.63) is 48.3 Å². The van der Waals surface area contributed by atoms with Crippen LogP contribution in [0.25, 0.3) is 0 Å². The maximum atomic E-state index is 13.3. The van der Waals surface area contributed by atoms with Gasteiger partial charge in [-0.1, -0.05) is 18.2 Å². The van der Waals surface area contributed by atoms with E-state index in [1.54, 1.807) is 12.1 Å². The van der Waals surface area contributed by atoms with Crippen LogP contribution in [0.2, 0.25) is 0 Å². The van der Waals surface area contributed by atoms with E-state index in [9.17, 15) is 23.9 Å². The highest BCUT2D eigenvalue weighted by molar-refractivity contribution is 5.90. The summed E-state index contributed by atoms with van der Waals surface area (Å²) in [6.07, 6.45) is 3.18. The number of allylic oxidation sites excluding steroid dienone is 1. The third-order valence-corrected chi connectivity index (χ3v) is 3.54. The van der Waals surface area contributed by atoms with Gasteiger partial charge in [0.25, 0.3) is 0 Å². The zero-order valence-corrected chi connectivity index (χ0v) is 14.1. The largest absolute Gasteiger partial charge is 0.480 e. The highest BCUT2D eigenvalue weighted by Gasteiger charge is 2.25. The van der Waals surface area contributed by atoms with E-state index in [4.69, 9.17) is 0 Å². The summed E-state index contributed by atoms with van der Waals surface area (Å²) in [6.45, 7) is 4.82. The van der Waals surface area contributed by atoms with Crippen molar-refractivity contribution >= 4 is 17.8 Å². The van der Waals surface area contributed by atoms with E-state index < -0.39 is 35.7 Å². The monoisotopic (exact) mass is 350 g/mol. The normalized spacial score (nSPS) is 12.7. The van der Waals surface area contributed by atoms with Crippen LogP contribution in [0, 0.1) is 5.82 Å². The van der Waals surface area contributed by atoms with Crippen molar-refractivity contribution in [1.82, 2.24) is 10.6 Å². The molecule has 0 bridgehead atoms. The van der Waals surface area contributed by atoms with Crippen LogP contribution in [0.15, 0.2) is 36.9 Å². The number of hydrogen-bond donors (Lipinski definition) is 3. The molecule has 6 nitrogen and oxygen atoms in total. The van der Waals surface area contributed by atoms with E-state index >= 15 is 0 Å². The number of hydrogen-bond acceptors (Lipinski definition) is 3. The van der Waals surface area contributed by atoms with Crippen molar-refractivity contribution in [3.8, 4) is 0 Å². The first kappa shape index (κ1) is 20.3. The van der Waals surface area contributed by atoms with Gasteiger partial charge in [-0.25, -0.2) is 9.18 Å². The first-order valence-electron chi connectivity index (χ1n) is 7.99. The van der Waals surface area contributed by atoms with Crippen molar-refractivity contribution in [2.45, 2.75) is 44.7 Å². The summed E-state index contributed by atoms with van der Waals surface area (Å²) >= 11 is 0. The molecule has 1 rings (SSSR count). The minimum Gasteiger partial charge on any atom is -0.480 e. The molecule has 2 amide bonds. The predicted octanol–water partition coefficient (Wildman–Crippen LogP) is 1.80. The van der Waals surface area contributed by atoms with Crippen molar-refractivity contribution < 1.29 is 23.9 Å². The molecule has 0 saturated carbocycles. The third kappa shape index (κ3) is 7.60. The molecular formula is C18H23FN2O4. The maximum Gasteiger partial charge on any atom is 0.326 e. The van der Waals surface area contributed by atoms with Gasteiger partial charge >= 0.3 is 5.97 Å². The predicted molar refractivity (Wildman–Crippen MR) is 91.3 cm³/mol. The van der Waals surface area contributed by atoms with Crippen molar-refractivity contribution in [1.29, 1.82) is 0 Å². The number of carbonyl (C=O) groups excluding carboxylic acids is 2. The number of aliphatic carboxylic acids is 1. The molecule has 0 unspecified atom stereocenters. The van der Waals surface area contributed by atoms with Gasteiger partial charge in [0.05, 0.1) is 0 Å². The van der Waals surface area contributed by atoms with Crippen LogP contribution in [0.3, 0.4) is 0 Å². The molecule has 0 aliphatic rings. The highest BCUT2D eigenvalue weighted by Crippen LogP contribution is 2.08. The summed E-state index contributed by atoms with van der Waals surface area (Å²) in [4.78, 5) is 35.1. The molecule has 0 heterocycles. The summed E-state index contributed by atoms with van der Waals surface area (Å²) in [7, 11) is 0. The average molecular weight is 350 g/mol. The fourth-order valence-corrected chi connectivity index (χ4v) is 2.35. The lowest BCUT2D eigenvalue weighted by Gasteiger charge is -2.21. The zero-order chi connectivity index (χ0) is 18.8. The summed E-state index contributed by atoms with van der Waals surface area (Å²) < 4.78 is 13.3. The van der Waals surface area contributed by atoms with Crippen LogP contribution in [-0.2, 0) is 20.8 Å². The molecule has 0 aliphatic heterocycles. The Hall–Kier alpha value is -2.70. The van der Waals surface area contributed by atoms with Gasteiger partial charge < -0.3 is 15.7 Å². The van der Waals surface area contributed by atoms with Crippen LogP contribution >= 0.6 is 0 Å².